The number of carbonyl (C=O) groups is 2. The van der Waals surface area contributed by atoms with Gasteiger partial charge in [-0.05, 0) is 31.0 Å². The molecule has 1 aromatic carbocycles. The summed E-state index contributed by atoms with van der Waals surface area (Å²) in [6, 6.07) is 3.27. The van der Waals surface area contributed by atoms with Gasteiger partial charge < -0.3 is 10.4 Å². The number of carboxylic acids is 1. The van der Waals surface area contributed by atoms with E-state index in [0.29, 0.717) is 11.3 Å². The molecule has 2 N–H and O–H groups in total. The van der Waals surface area contributed by atoms with E-state index in [2.05, 4.69) is 5.32 Å². The lowest BCUT2D eigenvalue weighted by Crippen LogP contribution is -2.19. The van der Waals surface area contributed by atoms with Crippen LogP contribution in [0, 0.1) is 19.8 Å². The van der Waals surface area contributed by atoms with Crippen LogP contribution in [-0.2, 0) is 4.79 Å². The second kappa shape index (κ2) is 4.99. The third-order valence-electron chi connectivity index (χ3n) is 2.58. The summed E-state index contributed by atoms with van der Waals surface area (Å²) in [5, 5.41) is 11.7. The number of anilines is 1. The van der Waals surface area contributed by atoms with Crippen LogP contribution in [0.4, 0.5) is 5.69 Å². The summed E-state index contributed by atoms with van der Waals surface area (Å²) in [5.41, 5.74) is 2.33. The minimum Gasteiger partial charge on any atom is -0.478 e. The van der Waals surface area contributed by atoms with Crippen molar-refractivity contribution in [3.05, 3.63) is 28.8 Å². The maximum absolute atomic E-state index is 11.6. The lowest BCUT2D eigenvalue weighted by molar-refractivity contribution is -0.118. The molecule has 0 aliphatic rings. The molecule has 92 valence electrons. The van der Waals surface area contributed by atoms with Gasteiger partial charge in [0.25, 0.3) is 0 Å². The summed E-state index contributed by atoms with van der Waals surface area (Å²) >= 11 is 0. The minimum absolute atomic E-state index is 0.117. The van der Waals surface area contributed by atoms with Gasteiger partial charge in [0.2, 0.25) is 5.91 Å². The first-order valence-electron chi connectivity index (χ1n) is 5.48. The van der Waals surface area contributed by atoms with Crippen LogP contribution in [0.3, 0.4) is 0 Å². The zero-order valence-corrected chi connectivity index (χ0v) is 10.5. The molecule has 0 aromatic heterocycles. The Hall–Kier alpha value is -1.84. The number of nitrogens with one attached hydrogen (secondary N) is 1. The number of rotatable bonds is 3. The lowest BCUT2D eigenvalue weighted by atomic mass is 10.0. The van der Waals surface area contributed by atoms with Gasteiger partial charge in [-0.25, -0.2) is 4.79 Å². The highest BCUT2D eigenvalue weighted by atomic mass is 16.4. The monoisotopic (exact) mass is 235 g/mol. The first-order chi connectivity index (χ1) is 7.82. The fourth-order valence-corrected chi connectivity index (χ4v) is 1.49. The van der Waals surface area contributed by atoms with Crippen LogP contribution in [0.5, 0.6) is 0 Å². The molecule has 0 bridgehead atoms. The average Bonchev–Trinajstić information content (AvgIpc) is 2.21. The number of amides is 1. The molecule has 0 spiro atoms. The Morgan fingerprint density at radius 1 is 1.18 bits per heavy atom. The smallest absolute Gasteiger partial charge is 0.336 e. The van der Waals surface area contributed by atoms with Gasteiger partial charge in [-0.1, -0.05) is 19.9 Å². The molecular formula is C13H17NO3. The quantitative estimate of drug-likeness (QED) is 0.846. The zero-order valence-electron chi connectivity index (χ0n) is 10.5. The van der Waals surface area contributed by atoms with Crippen molar-refractivity contribution >= 4 is 17.6 Å². The van der Waals surface area contributed by atoms with Crippen LogP contribution >= 0.6 is 0 Å². The summed E-state index contributed by atoms with van der Waals surface area (Å²) in [6.45, 7) is 7.16. The maximum atomic E-state index is 11.6. The van der Waals surface area contributed by atoms with E-state index in [0.717, 1.165) is 5.56 Å². The van der Waals surface area contributed by atoms with Crippen molar-refractivity contribution in [2.24, 2.45) is 5.92 Å². The molecule has 0 aliphatic heterocycles. The summed E-state index contributed by atoms with van der Waals surface area (Å²) in [5.74, 6) is -1.24. The molecule has 17 heavy (non-hydrogen) atoms. The topological polar surface area (TPSA) is 66.4 Å². The zero-order chi connectivity index (χ0) is 13.2. The molecule has 0 saturated heterocycles. The van der Waals surface area contributed by atoms with Gasteiger partial charge in [0.1, 0.15) is 0 Å². The van der Waals surface area contributed by atoms with Crippen molar-refractivity contribution < 1.29 is 14.7 Å². The molecule has 0 fully saturated rings. The van der Waals surface area contributed by atoms with Crippen molar-refractivity contribution in [1.29, 1.82) is 0 Å². The number of benzene rings is 1. The summed E-state index contributed by atoms with van der Waals surface area (Å²) in [4.78, 5) is 22.6. The van der Waals surface area contributed by atoms with E-state index in [1.165, 1.54) is 6.07 Å². The Labute approximate surface area is 101 Å². The second-order valence-corrected chi connectivity index (χ2v) is 4.43. The molecule has 0 aliphatic carbocycles. The minimum atomic E-state index is -0.984. The van der Waals surface area contributed by atoms with Crippen molar-refractivity contribution in [1.82, 2.24) is 0 Å². The van der Waals surface area contributed by atoms with Crippen LogP contribution in [0.25, 0.3) is 0 Å². The molecule has 0 heterocycles. The van der Waals surface area contributed by atoms with Gasteiger partial charge in [0.15, 0.2) is 0 Å². The van der Waals surface area contributed by atoms with Gasteiger partial charge in [-0.2, -0.15) is 0 Å². The Kier molecular flexibility index (Phi) is 3.89. The number of carbonyl (C=O) groups excluding carboxylic acids is 1. The summed E-state index contributed by atoms with van der Waals surface area (Å²) in [6.07, 6.45) is 0. The molecule has 0 radical (unpaired) electrons. The predicted octanol–water partition coefficient (Wildman–Crippen LogP) is 2.60. The number of aromatic carboxylic acids is 1. The highest BCUT2D eigenvalue weighted by Gasteiger charge is 2.13. The van der Waals surface area contributed by atoms with E-state index in [1.807, 2.05) is 6.92 Å². The highest BCUT2D eigenvalue weighted by Crippen LogP contribution is 2.21. The Morgan fingerprint density at radius 2 is 1.76 bits per heavy atom. The standard InChI is InChI=1S/C13H17NO3/c1-7(2)12(15)14-11-6-10(13(16)17)8(3)5-9(11)4/h5-7H,1-4H3,(H,14,15)(H,16,17). The Morgan fingerprint density at radius 3 is 2.24 bits per heavy atom. The molecule has 0 atom stereocenters. The molecule has 0 saturated carbocycles. The average molecular weight is 235 g/mol. The van der Waals surface area contributed by atoms with Crippen molar-refractivity contribution in [2.45, 2.75) is 27.7 Å². The summed E-state index contributed by atoms with van der Waals surface area (Å²) in [7, 11) is 0. The van der Waals surface area contributed by atoms with Crippen LogP contribution < -0.4 is 5.32 Å². The molecule has 4 nitrogen and oxygen atoms in total. The van der Waals surface area contributed by atoms with Gasteiger partial charge in [0, 0.05) is 11.6 Å². The molecule has 1 rings (SSSR count). The fraction of sp³-hybridized carbons (Fsp3) is 0.385. The highest BCUT2D eigenvalue weighted by molar-refractivity contribution is 5.96. The second-order valence-electron chi connectivity index (χ2n) is 4.43. The van der Waals surface area contributed by atoms with E-state index >= 15 is 0 Å². The first kappa shape index (κ1) is 13.2. The van der Waals surface area contributed by atoms with Gasteiger partial charge in [0.05, 0.1) is 5.56 Å². The van der Waals surface area contributed by atoms with Gasteiger partial charge >= 0.3 is 5.97 Å². The van der Waals surface area contributed by atoms with Crippen LogP contribution in [-0.4, -0.2) is 17.0 Å². The van der Waals surface area contributed by atoms with E-state index in [-0.39, 0.29) is 17.4 Å². The Balaban J connectivity index is 3.12. The normalized spacial score (nSPS) is 10.4. The number of aryl methyl sites for hydroxylation is 2. The van der Waals surface area contributed by atoms with Crippen LogP contribution in [0.2, 0.25) is 0 Å². The molecule has 1 aromatic rings. The SMILES string of the molecule is Cc1cc(C)c(C(=O)O)cc1NC(=O)C(C)C. The van der Waals surface area contributed by atoms with Crippen molar-refractivity contribution in [3.63, 3.8) is 0 Å². The molecule has 4 heteroatoms. The first-order valence-corrected chi connectivity index (χ1v) is 5.48. The maximum Gasteiger partial charge on any atom is 0.336 e. The summed E-state index contributed by atoms with van der Waals surface area (Å²) < 4.78 is 0. The third-order valence-corrected chi connectivity index (χ3v) is 2.58. The lowest BCUT2D eigenvalue weighted by Gasteiger charge is -2.12. The van der Waals surface area contributed by atoms with Gasteiger partial charge in [-0.15, -0.1) is 0 Å². The van der Waals surface area contributed by atoms with Gasteiger partial charge in [-0.3, -0.25) is 4.79 Å². The molecular weight excluding hydrogens is 218 g/mol. The predicted molar refractivity (Wildman–Crippen MR) is 66.3 cm³/mol. The van der Waals surface area contributed by atoms with Crippen LogP contribution in [0.15, 0.2) is 12.1 Å². The number of hydrogen-bond acceptors (Lipinski definition) is 2. The van der Waals surface area contributed by atoms with Crippen molar-refractivity contribution in [2.75, 3.05) is 5.32 Å². The Bertz CT molecular complexity index is 464. The third kappa shape index (κ3) is 3.06. The van der Waals surface area contributed by atoms with E-state index < -0.39 is 5.97 Å². The molecule has 1 amide bonds. The number of carboxylic acid groups (broad SMARTS) is 1. The van der Waals surface area contributed by atoms with E-state index in [9.17, 15) is 9.59 Å². The fourth-order valence-electron chi connectivity index (χ4n) is 1.49. The van der Waals surface area contributed by atoms with Crippen LogP contribution in [0.1, 0.15) is 35.3 Å². The van der Waals surface area contributed by atoms with E-state index in [1.54, 1.807) is 26.8 Å². The van der Waals surface area contributed by atoms with E-state index in [4.69, 9.17) is 5.11 Å². The molecule has 0 unspecified atom stereocenters. The largest absolute Gasteiger partial charge is 0.478 e. The number of hydrogen-bond donors (Lipinski definition) is 2. The van der Waals surface area contributed by atoms with Crippen molar-refractivity contribution in [3.8, 4) is 0 Å².